The van der Waals surface area contributed by atoms with Crippen molar-refractivity contribution in [2.24, 2.45) is 5.16 Å². The van der Waals surface area contributed by atoms with Crippen molar-refractivity contribution in [1.29, 1.82) is 0 Å². The molecule has 1 aromatic carbocycles. The van der Waals surface area contributed by atoms with Crippen LogP contribution in [0.25, 0.3) is 0 Å². The topological polar surface area (TPSA) is 34.7 Å². The zero-order valence-electron chi connectivity index (χ0n) is 12.7. The Bertz CT molecular complexity index is 580. The maximum absolute atomic E-state index is 5.52. The maximum Gasteiger partial charge on any atom is 0.230 e. The number of pyridine rings is 1. The van der Waals surface area contributed by atoms with E-state index in [-0.39, 0.29) is 0 Å². The average Bonchev–Trinajstić information content (AvgIpc) is 2.53. The van der Waals surface area contributed by atoms with Crippen LogP contribution >= 0.6 is 0 Å². The normalized spacial score (nSPS) is 12.2. The van der Waals surface area contributed by atoms with E-state index in [9.17, 15) is 0 Å². The number of rotatable bonds is 6. The summed E-state index contributed by atoms with van der Waals surface area (Å²) in [6.07, 6.45) is 4.00. The highest BCUT2D eigenvalue weighted by molar-refractivity contribution is 5.99. The second-order valence-electron chi connectivity index (χ2n) is 5.15. The predicted octanol–water partition coefficient (Wildman–Crippen LogP) is 2.78. The molecule has 2 aromatic rings. The minimum absolute atomic E-state index is 0.630. The molecule has 4 heteroatoms. The smallest absolute Gasteiger partial charge is 0.230 e. The quantitative estimate of drug-likeness (QED) is 0.354. The van der Waals surface area contributed by atoms with Gasteiger partial charge in [0.15, 0.2) is 24.7 Å². The fourth-order valence-corrected chi connectivity index (χ4v) is 1.72. The molecule has 0 saturated heterocycles. The third-order valence-electron chi connectivity index (χ3n) is 3.08. The molecule has 0 aliphatic carbocycles. The van der Waals surface area contributed by atoms with E-state index in [2.05, 4.69) is 9.72 Å². The molecule has 4 nitrogen and oxygen atoms in total. The molecular weight excluding hydrogens is 264 g/mol. The predicted molar refractivity (Wildman–Crippen MR) is 81.8 cm³/mol. The van der Waals surface area contributed by atoms with Gasteiger partial charge in [-0.1, -0.05) is 41.6 Å². The standard InChI is InChI=1S/C17H21N2O2/c1-17(2,20-3)21-18-16(15-10-6-4-7-11-15)14-19-12-8-5-9-13-19/h4-13H,14H2,1-3H3/q+1. The summed E-state index contributed by atoms with van der Waals surface area (Å²) in [5.74, 6) is -0.749. The Balaban J connectivity index is 2.25. The van der Waals surface area contributed by atoms with E-state index in [1.165, 1.54) is 0 Å². The molecule has 110 valence electrons. The van der Waals surface area contributed by atoms with E-state index >= 15 is 0 Å². The van der Waals surface area contributed by atoms with Crippen LogP contribution in [0.15, 0.2) is 66.1 Å². The van der Waals surface area contributed by atoms with Gasteiger partial charge in [-0.25, -0.2) is 0 Å². The van der Waals surface area contributed by atoms with Crippen molar-refractivity contribution in [3.8, 4) is 0 Å². The van der Waals surface area contributed by atoms with E-state index in [4.69, 9.17) is 9.57 Å². The molecule has 0 bridgehead atoms. The van der Waals surface area contributed by atoms with Gasteiger partial charge in [-0.05, 0) is 0 Å². The molecule has 0 N–H and O–H groups in total. The molecule has 0 aliphatic heterocycles. The summed E-state index contributed by atoms with van der Waals surface area (Å²) in [7, 11) is 1.60. The zero-order chi connectivity index (χ0) is 15.1. The fraction of sp³-hybridized carbons (Fsp3) is 0.294. The summed E-state index contributed by atoms with van der Waals surface area (Å²) in [4.78, 5) is 5.52. The molecule has 1 aromatic heterocycles. The van der Waals surface area contributed by atoms with Gasteiger partial charge >= 0.3 is 0 Å². The molecule has 0 unspecified atom stereocenters. The lowest BCUT2D eigenvalue weighted by Crippen LogP contribution is -2.37. The van der Waals surface area contributed by atoms with Crippen LogP contribution < -0.4 is 4.57 Å². The van der Waals surface area contributed by atoms with Crippen LogP contribution in [-0.4, -0.2) is 18.6 Å². The number of oxime groups is 1. The molecule has 21 heavy (non-hydrogen) atoms. The first-order chi connectivity index (χ1) is 10.1. The highest BCUT2D eigenvalue weighted by atomic mass is 16.8. The van der Waals surface area contributed by atoms with Gasteiger partial charge in [0, 0.05) is 38.7 Å². The lowest BCUT2D eigenvalue weighted by molar-refractivity contribution is -0.681. The monoisotopic (exact) mass is 285 g/mol. The zero-order valence-corrected chi connectivity index (χ0v) is 12.7. The second kappa shape index (κ2) is 6.99. The number of methoxy groups -OCH3 is 1. The van der Waals surface area contributed by atoms with Gasteiger partial charge in [0.25, 0.3) is 0 Å². The van der Waals surface area contributed by atoms with Crippen LogP contribution in [0.2, 0.25) is 0 Å². The molecule has 2 rings (SSSR count). The Kier molecular flexibility index (Phi) is 5.06. The van der Waals surface area contributed by atoms with Crippen LogP contribution in [-0.2, 0) is 16.1 Å². The Morgan fingerprint density at radius 2 is 1.67 bits per heavy atom. The van der Waals surface area contributed by atoms with Crippen LogP contribution in [0.4, 0.5) is 0 Å². The van der Waals surface area contributed by atoms with E-state index in [1.807, 2.05) is 74.8 Å². The van der Waals surface area contributed by atoms with Crippen molar-refractivity contribution >= 4 is 5.71 Å². The van der Waals surface area contributed by atoms with E-state index < -0.39 is 5.79 Å². The Morgan fingerprint density at radius 1 is 1.05 bits per heavy atom. The van der Waals surface area contributed by atoms with Crippen molar-refractivity contribution < 1.29 is 14.1 Å². The highest BCUT2D eigenvalue weighted by Crippen LogP contribution is 2.11. The SMILES string of the molecule is COC(C)(C)ON=C(C[n+]1ccccc1)c1ccccc1. The molecule has 0 amide bonds. The molecule has 0 saturated carbocycles. The second-order valence-corrected chi connectivity index (χ2v) is 5.15. The first-order valence-corrected chi connectivity index (χ1v) is 6.90. The van der Waals surface area contributed by atoms with E-state index in [0.717, 1.165) is 11.3 Å². The minimum atomic E-state index is -0.749. The summed E-state index contributed by atoms with van der Waals surface area (Å²) < 4.78 is 7.29. The molecule has 0 aliphatic rings. The number of benzene rings is 1. The third kappa shape index (κ3) is 4.68. The number of hydrogen-bond donors (Lipinski definition) is 0. The van der Waals surface area contributed by atoms with Crippen LogP contribution in [0.3, 0.4) is 0 Å². The maximum atomic E-state index is 5.52. The van der Waals surface area contributed by atoms with Crippen molar-refractivity contribution in [1.82, 2.24) is 0 Å². The van der Waals surface area contributed by atoms with Crippen molar-refractivity contribution in [2.45, 2.75) is 26.2 Å². The lowest BCUT2D eigenvalue weighted by atomic mass is 10.1. The third-order valence-corrected chi connectivity index (χ3v) is 3.08. The Labute approximate surface area is 125 Å². The highest BCUT2D eigenvalue weighted by Gasteiger charge is 2.19. The van der Waals surface area contributed by atoms with Crippen LogP contribution in [0, 0.1) is 0 Å². The number of nitrogens with zero attached hydrogens (tertiary/aromatic N) is 2. The van der Waals surface area contributed by atoms with Crippen LogP contribution in [0.5, 0.6) is 0 Å². The van der Waals surface area contributed by atoms with Gasteiger partial charge in [-0.3, -0.25) is 0 Å². The largest absolute Gasteiger partial charge is 0.360 e. The molecular formula is C17H21N2O2+. The summed E-state index contributed by atoms with van der Waals surface area (Å²) in [6, 6.07) is 16.0. The average molecular weight is 285 g/mol. The van der Waals surface area contributed by atoms with E-state index in [0.29, 0.717) is 6.54 Å². The first-order valence-electron chi connectivity index (χ1n) is 6.90. The Hall–Kier alpha value is -2.20. The summed E-state index contributed by atoms with van der Waals surface area (Å²) in [5.41, 5.74) is 1.87. The summed E-state index contributed by atoms with van der Waals surface area (Å²) in [6.45, 7) is 4.29. The van der Waals surface area contributed by atoms with Gasteiger partial charge in [-0.15, -0.1) is 0 Å². The molecule has 0 spiro atoms. The van der Waals surface area contributed by atoms with Crippen molar-refractivity contribution in [3.05, 3.63) is 66.5 Å². The molecule has 0 radical (unpaired) electrons. The molecule has 0 atom stereocenters. The van der Waals surface area contributed by atoms with E-state index in [1.54, 1.807) is 7.11 Å². The number of hydrogen-bond acceptors (Lipinski definition) is 3. The number of ether oxygens (including phenoxy) is 1. The summed E-state index contributed by atoms with van der Waals surface area (Å²) in [5, 5.41) is 4.30. The van der Waals surface area contributed by atoms with Crippen LogP contribution in [0.1, 0.15) is 19.4 Å². The fourth-order valence-electron chi connectivity index (χ4n) is 1.72. The van der Waals surface area contributed by atoms with Gasteiger partial charge in [0.05, 0.1) is 0 Å². The first kappa shape index (κ1) is 15.2. The molecule has 1 heterocycles. The lowest BCUT2D eigenvalue weighted by Gasteiger charge is -2.20. The minimum Gasteiger partial charge on any atom is -0.360 e. The van der Waals surface area contributed by atoms with Gasteiger partial charge in [0.1, 0.15) is 0 Å². The van der Waals surface area contributed by atoms with Gasteiger partial charge in [-0.2, -0.15) is 4.57 Å². The number of aromatic nitrogens is 1. The van der Waals surface area contributed by atoms with Gasteiger partial charge in [0.2, 0.25) is 5.79 Å². The van der Waals surface area contributed by atoms with Crippen molar-refractivity contribution in [3.63, 3.8) is 0 Å². The van der Waals surface area contributed by atoms with Crippen molar-refractivity contribution in [2.75, 3.05) is 7.11 Å². The molecule has 0 fully saturated rings. The van der Waals surface area contributed by atoms with Gasteiger partial charge < -0.3 is 9.57 Å². The Morgan fingerprint density at radius 3 is 2.29 bits per heavy atom. The summed E-state index contributed by atoms with van der Waals surface area (Å²) >= 11 is 0.